The second-order valence-electron chi connectivity index (χ2n) is 15.4. The summed E-state index contributed by atoms with van der Waals surface area (Å²) in [6, 6.07) is 0. The van der Waals surface area contributed by atoms with Crippen molar-refractivity contribution in [1.29, 1.82) is 0 Å². The van der Waals surface area contributed by atoms with E-state index >= 15 is 0 Å². The highest BCUT2D eigenvalue weighted by Crippen LogP contribution is 2.24. The molecule has 1 amide bonds. The maximum Gasteiger partial charge on any atom is 0.267 e. The number of nitrogens with two attached hydrogens (primary N) is 1. The second kappa shape index (κ2) is 70.8. The van der Waals surface area contributed by atoms with Gasteiger partial charge in [0.2, 0.25) is 0 Å². The van der Waals surface area contributed by atoms with E-state index in [0.717, 1.165) is 5.56 Å². The average molecular weight is 1350 g/mol. The topological polar surface area (TPSA) is 86.7 Å². The summed E-state index contributed by atoms with van der Waals surface area (Å²) in [7, 11) is 1.67. The monoisotopic (exact) mass is 1350 g/mol. The molecule has 0 spiro atoms. The lowest BCUT2D eigenvalue weighted by Gasteiger charge is -2.05. The number of nitrogens with zero attached hydrogens (tertiary/aromatic N) is 4. The minimum absolute atomic E-state index is 0.353. The molecule has 2 N–H and O–H groups in total. The highest BCUT2D eigenvalue weighted by molar-refractivity contribution is 5.98. The Balaban J connectivity index is 0.00000308. The summed E-state index contributed by atoms with van der Waals surface area (Å²) in [5.74, 6) is 227. The van der Waals surface area contributed by atoms with Crippen molar-refractivity contribution in [2.45, 2.75) is 20.8 Å². The Hall–Kier alpha value is -22.5. The summed E-state index contributed by atoms with van der Waals surface area (Å²) < 4.78 is 1.45. The first-order valence-corrected chi connectivity index (χ1v) is 28.4. The number of rotatable bonds is 2. The molecule has 2 aromatic heterocycles. The van der Waals surface area contributed by atoms with E-state index in [2.05, 4.69) is 554 Å². The van der Waals surface area contributed by atoms with Gasteiger partial charge in [0.05, 0.1) is 17.5 Å². The van der Waals surface area contributed by atoms with Crippen molar-refractivity contribution in [1.82, 2.24) is 19.7 Å². The average Bonchev–Trinajstić information content (AvgIpc) is 1.70. The van der Waals surface area contributed by atoms with Crippen LogP contribution in [0.4, 0.5) is 0 Å². The van der Waals surface area contributed by atoms with Gasteiger partial charge in [0.25, 0.3) is 5.91 Å². The summed E-state index contributed by atoms with van der Waals surface area (Å²) in [4.78, 5) is 19.8. The van der Waals surface area contributed by atoms with Crippen LogP contribution in [0.3, 0.4) is 0 Å². The molecular formula is C104H17N5O. The fourth-order valence-corrected chi connectivity index (χ4v) is 4.52. The number of hydrogen-bond acceptors (Lipinski definition) is 4. The molecule has 0 aromatic carbocycles. The molecule has 0 aliphatic rings. The van der Waals surface area contributed by atoms with Gasteiger partial charge in [-0.2, -0.15) is 5.10 Å². The zero-order valence-corrected chi connectivity index (χ0v) is 57.0. The van der Waals surface area contributed by atoms with Crippen molar-refractivity contribution in [3.63, 3.8) is 0 Å². The van der Waals surface area contributed by atoms with E-state index in [0.29, 0.717) is 22.8 Å². The number of hydrogen-bond donors (Lipinski definition) is 1. The Morgan fingerprint density at radius 3 is 0.573 bits per heavy atom. The van der Waals surface area contributed by atoms with E-state index in [4.69, 9.17) is 12.2 Å². The number of terminal acetylenes is 1. The Kier molecular flexibility index (Phi) is 55.1. The standard InChI is InChI=1S/C93H4.C11H13N5O/c1-3-5-7-9-11-13-15-17-19-21-23-25-27-29-31-33-35-37-39-41-43-45-47-49-51-53-55-57-59-61-63-65-67-69-71-73-75-77-79-81-83-85-87-89-91-93-92-90-88-86-84-82-80-78-76-74-72-70-68-66-64-62-60-58-56-54-52-50-48-46-44-42-40-38-36-34-32-30-28-26-24-22-20-18-16-14-12-10-8-6-4-2;1-6-4-13-7(2)15-9(6)8-5-14-16(3)10(8)11(12)17/h1H,2H3;4-5H,1-3H3,(H2,12,17). The van der Waals surface area contributed by atoms with Crippen LogP contribution in [0.1, 0.15) is 28.8 Å². The maximum absolute atomic E-state index is 11.4. The molecule has 0 unspecified atom stereocenters. The Bertz CT molecular complexity index is 7570. The molecule has 6 nitrogen and oxygen atoms in total. The molecule has 464 valence electrons. The van der Waals surface area contributed by atoms with E-state index in [9.17, 15) is 4.79 Å². The Morgan fingerprint density at radius 1 is 0.273 bits per heavy atom. The molecule has 0 radical (unpaired) electrons. The van der Waals surface area contributed by atoms with Crippen LogP contribution in [0.2, 0.25) is 0 Å². The Labute approximate surface area is 645 Å². The third-order valence-electron chi connectivity index (χ3n) is 8.22. The number of primary amides is 1. The SMILES string of the molecule is C#CC#CC#CC#CC#CC#CC#CC#CC#CC#CC#CC#CC#CC#CC#CC#CC#CC#CC#CC#CC#CC#CC#CC#CC#CC#CC#CC#CC#CC#CC#CC#CC#CC#CC#CC#CC#CC#CC#CC#CC#CC#CC#CC#CC#CC#CC.Cc1ncc(C)c(-c2cnn(C)c2C(N)=O)n1. The molecule has 2 aromatic rings. The summed E-state index contributed by atoms with van der Waals surface area (Å²) in [5.41, 5.74) is 7.91. The van der Waals surface area contributed by atoms with Crippen molar-refractivity contribution in [2.24, 2.45) is 12.8 Å². The van der Waals surface area contributed by atoms with E-state index in [1.807, 2.05) is 6.92 Å². The molecule has 0 atom stereocenters. The lowest BCUT2D eigenvalue weighted by Crippen LogP contribution is -2.17. The second-order valence-corrected chi connectivity index (χ2v) is 15.4. The van der Waals surface area contributed by atoms with Gasteiger partial charge in [-0.3, -0.25) is 9.48 Å². The molecule has 0 saturated heterocycles. The zero-order valence-electron chi connectivity index (χ0n) is 57.0. The molecule has 0 bridgehead atoms. The number of aryl methyl sites for hydroxylation is 3. The largest absolute Gasteiger partial charge is 0.364 e. The van der Waals surface area contributed by atoms with Crippen LogP contribution < -0.4 is 5.73 Å². The first-order chi connectivity index (χ1) is 54.4. The predicted molar refractivity (Wildman–Crippen MR) is 427 cm³/mol. The molecular weight excluding hydrogens is 1340 g/mol. The van der Waals surface area contributed by atoms with Gasteiger partial charge in [-0.1, -0.05) is 5.92 Å². The summed E-state index contributed by atoms with van der Waals surface area (Å²) >= 11 is 0. The van der Waals surface area contributed by atoms with Gasteiger partial charge in [0.1, 0.15) is 11.5 Å². The van der Waals surface area contributed by atoms with Crippen LogP contribution in [-0.4, -0.2) is 25.7 Å². The van der Waals surface area contributed by atoms with Gasteiger partial charge in [-0.05, 0) is 121 Å². The van der Waals surface area contributed by atoms with E-state index in [1.165, 1.54) is 4.68 Å². The van der Waals surface area contributed by atoms with Gasteiger partial charge < -0.3 is 5.73 Å². The highest BCUT2D eigenvalue weighted by atomic mass is 16.1. The number of aromatic nitrogens is 4. The first kappa shape index (κ1) is 85.5. The summed E-state index contributed by atoms with van der Waals surface area (Å²) in [6.07, 6.45) is 8.26. The normalized spacial score (nSPS) is 4.97. The predicted octanol–water partition coefficient (Wildman–Crippen LogP) is 1.39. The van der Waals surface area contributed by atoms with Gasteiger partial charge in [0.15, 0.2) is 0 Å². The molecule has 0 aliphatic carbocycles. The van der Waals surface area contributed by atoms with Crippen molar-refractivity contribution in [2.75, 3.05) is 0 Å². The number of carbonyl (C=O) groups is 1. The molecule has 0 saturated carbocycles. The molecule has 0 aliphatic heterocycles. The highest BCUT2D eigenvalue weighted by Gasteiger charge is 2.18. The van der Waals surface area contributed by atoms with Crippen molar-refractivity contribution >= 4 is 5.91 Å². The van der Waals surface area contributed by atoms with Crippen molar-refractivity contribution < 1.29 is 4.79 Å². The van der Waals surface area contributed by atoms with Gasteiger partial charge in [0, 0.05) is 451 Å². The third-order valence-corrected chi connectivity index (χ3v) is 8.22. The third kappa shape index (κ3) is 59.3. The van der Waals surface area contributed by atoms with Crippen molar-refractivity contribution in [3.8, 4) is 556 Å². The van der Waals surface area contributed by atoms with Crippen LogP contribution in [-0.2, 0) is 7.05 Å². The molecule has 6 heteroatoms. The van der Waals surface area contributed by atoms with Crippen LogP contribution >= 0.6 is 0 Å². The number of carbonyl (C=O) groups excluding carboxylic acids is 1. The van der Waals surface area contributed by atoms with Gasteiger partial charge in [-0.15, -0.1) is 6.42 Å². The van der Waals surface area contributed by atoms with E-state index < -0.39 is 5.91 Å². The van der Waals surface area contributed by atoms with E-state index in [-0.39, 0.29) is 0 Å². The minimum atomic E-state index is -0.518. The number of amides is 1. The molecule has 110 heavy (non-hydrogen) atoms. The quantitative estimate of drug-likeness (QED) is 0.462. The van der Waals surface area contributed by atoms with Crippen LogP contribution in [0.25, 0.3) is 11.3 Å². The van der Waals surface area contributed by atoms with Gasteiger partial charge in [-0.25, -0.2) is 9.97 Å². The Morgan fingerprint density at radius 2 is 0.427 bits per heavy atom. The lowest BCUT2D eigenvalue weighted by atomic mass is 10.1. The van der Waals surface area contributed by atoms with Crippen LogP contribution in [0, 0.1) is 559 Å². The first-order valence-electron chi connectivity index (χ1n) is 28.4. The molecule has 2 heterocycles. The molecule has 2 rings (SSSR count). The summed E-state index contributed by atoms with van der Waals surface area (Å²) in [5, 5.41) is 4.04. The minimum Gasteiger partial charge on any atom is -0.364 e. The fraction of sp³-hybridized carbons (Fsp3) is 0.0385. The summed E-state index contributed by atoms with van der Waals surface area (Å²) in [6.45, 7) is 5.36. The fourth-order valence-electron chi connectivity index (χ4n) is 4.52. The van der Waals surface area contributed by atoms with Crippen molar-refractivity contribution in [3.05, 3.63) is 29.5 Å². The van der Waals surface area contributed by atoms with Gasteiger partial charge >= 0.3 is 0 Å². The van der Waals surface area contributed by atoms with Crippen LogP contribution in [0.5, 0.6) is 0 Å². The molecule has 0 fully saturated rings. The maximum atomic E-state index is 11.4. The lowest BCUT2D eigenvalue weighted by molar-refractivity contribution is 0.0992. The van der Waals surface area contributed by atoms with Crippen LogP contribution in [0.15, 0.2) is 12.4 Å². The van der Waals surface area contributed by atoms with E-state index in [1.54, 1.807) is 33.3 Å². The zero-order chi connectivity index (χ0) is 78.9. The smallest absolute Gasteiger partial charge is 0.267 e.